The Kier molecular flexibility index (Phi) is 8.74. The molecule has 2 aliphatic heterocycles. The first-order chi connectivity index (χ1) is 17.4. The predicted octanol–water partition coefficient (Wildman–Crippen LogP) is 2.68. The summed E-state index contributed by atoms with van der Waals surface area (Å²) in [5.74, 6) is 0.0103. The van der Waals surface area contributed by atoms with Crippen molar-refractivity contribution < 1.29 is 33.3 Å². The van der Waals surface area contributed by atoms with Gasteiger partial charge >= 0.3 is 6.03 Å². The third kappa shape index (κ3) is 6.71. The number of fused-ring (bicyclic) bond motifs is 1. The number of nitrogens with zero attached hydrogens (tertiary/aromatic N) is 1. The van der Waals surface area contributed by atoms with Gasteiger partial charge in [-0.15, -0.1) is 0 Å². The standard InChI is InChI=1S/C26H32FN3O6/c1-34-20-7-4-6-18(11-20)29-26(33)30-14-19(31)15-35-16-24-23(30)10-9-21(36-24)12-25(32)28-13-17-5-2-3-8-22(17)27/h2-8,11,19,21,23-24,31H,9-10,12-16H2,1H3,(H,28,32)(H,29,33)/t19-,21+,23-,24+/m1/s1. The summed E-state index contributed by atoms with van der Waals surface area (Å²) in [7, 11) is 1.55. The quantitative estimate of drug-likeness (QED) is 0.562. The van der Waals surface area contributed by atoms with Gasteiger partial charge in [0.25, 0.3) is 0 Å². The first-order valence-electron chi connectivity index (χ1n) is 12.1. The van der Waals surface area contributed by atoms with Crippen LogP contribution < -0.4 is 15.4 Å². The van der Waals surface area contributed by atoms with E-state index < -0.39 is 12.2 Å². The summed E-state index contributed by atoms with van der Waals surface area (Å²) < 4.78 is 30.8. The topological polar surface area (TPSA) is 109 Å². The van der Waals surface area contributed by atoms with Crippen LogP contribution in [0.3, 0.4) is 0 Å². The molecule has 0 radical (unpaired) electrons. The maximum Gasteiger partial charge on any atom is 0.322 e. The second-order valence-electron chi connectivity index (χ2n) is 9.02. The van der Waals surface area contributed by atoms with E-state index in [0.717, 1.165) is 0 Å². The zero-order chi connectivity index (χ0) is 25.5. The van der Waals surface area contributed by atoms with Gasteiger partial charge in [-0.25, -0.2) is 9.18 Å². The highest BCUT2D eigenvalue weighted by Crippen LogP contribution is 2.28. The number of rotatable bonds is 6. The van der Waals surface area contributed by atoms with Crippen LogP contribution in [0.5, 0.6) is 5.75 Å². The lowest BCUT2D eigenvalue weighted by atomic mass is 9.95. The molecule has 36 heavy (non-hydrogen) atoms. The Bertz CT molecular complexity index is 1050. The van der Waals surface area contributed by atoms with E-state index in [9.17, 15) is 19.1 Å². The van der Waals surface area contributed by atoms with E-state index >= 15 is 0 Å². The number of hydrogen-bond donors (Lipinski definition) is 3. The largest absolute Gasteiger partial charge is 0.497 e. The molecule has 0 spiro atoms. The first-order valence-corrected chi connectivity index (χ1v) is 12.1. The van der Waals surface area contributed by atoms with Crippen LogP contribution >= 0.6 is 0 Å². The Morgan fingerprint density at radius 2 is 2.00 bits per heavy atom. The van der Waals surface area contributed by atoms with Crippen LogP contribution in [-0.2, 0) is 20.8 Å². The highest BCUT2D eigenvalue weighted by molar-refractivity contribution is 5.90. The van der Waals surface area contributed by atoms with E-state index in [1.165, 1.54) is 6.07 Å². The summed E-state index contributed by atoms with van der Waals surface area (Å²) >= 11 is 0. The zero-order valence-electron chi connectivity index (χ0n) is 20.2. The summed E-state index contributed by atoms with van der Waals surface area (Å²) in [6.07, 6.45) is -0.389. The van der Waals surface area contributed by atoms with Crippen molar-refractivity contribution in [1.82, 2.24) is 10.2 Å². The van der Waals surface area contributed by atoms with Gasteiger partial charge in [0.1, 0.15) is 17.7 Å². The summed E-state index contributed by atoms with van der Waals surface area (Å²) in [6, 6.07) is 12.6. The van der Waals surface area contributed by atoms with Crippen LogP contribution in [-0.4, -0.2) is 73.2 Å². The number of amides is 3. The van der Waals surface area contributed by atoms with Crippen molar-refractivity contribution >= 4 is 17.6 Å². The van der Waals surface area contributed by atoms with E-state index in [4.69, 9.17) is 14.2 Å². The van der Waals surface area contributed by atoms with Crippen LogP contribution in [0.15, 0.2) is 48.5 Å². The van der Waals surface area contributed by atoms with Gasteiger partial charge in [-0.05, 0) is 31.0 Å². The molecule has 4 rings (SSSR count). The third-order valence-electron chi connectivity index (χ3n) is 6.41. The van der Waals surface area contributed by atoms with Gasteiger partial charge in [0.2, 0.25) is 5.91 Å². The van der Waals surface area contributed by atoms with Crippen molar-refractivity contribution in [3.8, 4) is 5.75 Å². The smallest absolute Gasteiger partial charge is 0.322 e. The molecule has 2 aliphatic rings. The molecule has 0 bridgehead atoms. The molecule has 2 fully saturated rings. The molecular weight excluding hydrogens is 469 g/mol. The number of nitrogens with one attached hydrogen (secondary N) is 2. The molecular formula is C26H32FN3O6. The first kappa shape index (κ1) is 25.9. The van der Waals surface area contributed by atoms with Gasteiger partial charge < -0.3 is 34.9 Å². The molecule has 9 nitrogen and oxygen atoms in total. The summed E-state index contributed by atoms with van der Waals surface area (Å²) in [5.41, 5.74) is 0.991. The second kappa shape index (κ2) is 12.2. The number of methoxy groups -OCH3 is 1. The lowest BCUT2D eigenvalue weighted by molar-refractivity contribution is -0.149. The minimum atomic E-state index is -0.830. The number of benzene rings is 2. The Morgan fingerprint density at radius 3 is 2.81 bits per heavy atom. The average Bonchev–Trinajstić information content (AvgIpc) is 2.86. The molecule has 194 valence electrons. The number of carbonyl (C=O) groups excluding carboxylic acids is 2. The van der Waals surface area contributed by atoms with E-state index in [0.29, 0.717) is 29.8 Å². The van der Waals surface area contributed by atoms with Gasteiger partial charge in [-0.2, -0.15) is 0 Å². The van der Waals surface area contributed by atoms with Crippen LogP contribution in [0.2, 0.25) is 0 Å². The number of aliphatic hydroxyl groups excluding tert-OH is 1. The van der Waals surface area contributed by atoms with Crippen molar-refractivity contribution in [3.05, 3.63) is 59.9 Å². The number of ether oxygens (including phenoxy) is 3. The summed E-state index contributed by atoms with van der Waals surface area (Å²) in [4.78, 5) is 27.3. The molecule has 3 amide bonds. The molecule has 0 aromatic heterocycles. The second-order valence-corrected chi connectivity index (χ2v) is 9.02. The zero-order valence-corrected chi connectivity index (χ0v) is 20.2. The molecule has 0 aliphatic carbocycles. The Morgan fingerprint density at radius 1 is 1.17 bits per heavy atom. The van der Waals surface area contributed by atoms with E-state index in [1.54, 1.807) is 54.5 Å². The van der Waals surface area contributed by atoms with Crippen molar-refractivity contribution in [1.29, 1.82) is 0 Å². The summed E-state index contributed by atoms with van der Waals surface area (Å²) in [6.45, 7) is 0.457. The van der Waals surface area contributed by atoms with Crippen molar-refractivity contribution in [2.24, 2.45) is 0 Å². The maximum atomic E-state index is 13.8. The minimum absolute atomic E-state index is 0.0727. The van der Waals surface area contributed by atoms with E-state index in [1.807, 2.05) is 0 Å². The molecule has 2 aromatic rings. The monoisotopic (exact) mass is 501 g/mol. The lowest BCUT2D eigenvalue weighted by Gasteiger charge is -2.44. The van der Waals surface area contributed by atoms with Crippen LogP contribution in [0.4, 0.5) is 14.9 Å². The maximum absolute atomic E-state index is 13.8. The molecule has 0 unspecified atom stereocenters. The number of β-amino-alcohol motifs (C(OH)–C–C–N with tert-alkyl or cyclic N) is 1. The number of aliphatic hydroxyl groups is 1. The number of hydrogen-bond acceptors (Lipinski definition) is 6. The van der Waals surface area contributed by atoms with Crippen molar-refractivity contribution in [2.45, 2.75) is 50.2 Å². The van der Waals surface area contributed by atoms with E-state index in [2.05, 4.69) is 10.6 Å². The van der Waals surface area contributed by atoms with Gasteiger partial charge in [-0.1, -0.05) is 24.3 Å². The molecule has 4 atom stereocenters. The Hall–Kier alpha value is -3.21. The third-order valence-corrected chi connectivity index (χ3v) is 6.41. The fourth-order valence-corrected chi connectivity index (χ4v) is 4.59. The van der Waals surface area contributed by atoms with E-state index in [-0.39, 0.29) is 62.6 Å². The molecule has 2 saturated heterocycles. The SMILES string of the molecule is COc1cccc(NC(=O)N2C[C@@H](O)COC[C@@H]3O[C@H](CC(=O)NCc4ccccc4F)CC[C@H]32)c1. The Balaban J connectivity index is 1.37. The normalized spacial score (nSPS) is 24.1. The fraction of sp³-hybridized carbons (Fsp3) is 0.462. The molecule has 10 heteroatoms. The van der Waals surface area contributed by atoms with Gasteiger partial charge in [0.05, 0.1) is 51.5 Å². The van der Waals surface area contributed by atoms with Crippen molar-refractivity contribution in [2.75, 3.05) is 32.2 Å². The average molecular weight is 502 g/mol. The van der Waals surface area contributed by atoms with Crippen molar-refractivity contribution in [3.63, 3.8) is 0 Å². The van der Waals surface area contributed by atoms with Gasteiger partial charge in [0, 0.05) is 23.9 Å². The molecule has 2 heterocycles. The van der Waals surface area contributed by atoms with Gasteiger partial charge in [-0.3, -0.25) is 4.79 Å². The van der Waals surface area contributed by atoms with Gasteiger partial charge in [0.15, 0.2) is 0 Å². The molecule has 2 aromatic carbocycles. The highest BCUT2D eigenvalue weighted by Gasteiger charge is 2.40. The number of urea groups is 1. The molecule has 3 N–H and O–H groups in total. The fourth-order valence-electron chi connectivity index (χ4n) is 4.59. The summed E-state index contributed by atoms with van der Waals surface area (Å²) in [5, 5.41) is 15.9. The van der Waals surface area contributed by atoms with Crippen LogP contribution in [0, 0.1) is 5.82 Å². The minimum Gasteiger partial charge on any atom is -0.497 e. The van der Waals surface area contributed by atoms with Crippen LogP contribution in [0.1, 0.15) is 24.8 Å². The van der Waals surface area contributed by atoms with Crippen LogP contribution in [0.25, 0.3) is 0 Å². The molecule has 0 saturated carbocycles. The number of carbonyl (C=O) groups is 2. The predicted molar refractivity (Wildman–Crippen MR) is 130 cm³/mol. The highest BCUT2D eigenvalue weighted by atomic mass is 19.1. The lowest BCUT2D eigenvalue weighted by Crippen LogP contribution is -2.58. The number of anilines is 1. The Labute approximate surface area is 209 Å². The number of halogens is 1.